The summed E-state index contributed by atoms with van der Waals surface area (Å²) in [5.41, 5.74) is 2.76. The minimum Gasteiger partial charge on any atom is -0.494 e. The highest BCUT2D eigenvalue weighted by molar-refractivity contribution is 6.31. The van der Waals surface area contributed by atoms with Crippen LogP contribution < -0.4 is 4.74 Å². The van der Waals surface area contributed by atoms with Crippen LogP contribution in [-0.2, 0) is 9.53 Å². The summed E-state index contributed by atoms with van der Waals surface area (Å²) in [6.45, 7) is 4.85. The number of carbonyl (C=O) groups excluding carboxylic acids is 1. The van der Waals surface area contributed by atoms with Crippen LogP contribution in [0.5, 0.6) is 5.75 Å². The van der Waals surface area contributed by atoms with E-state index in [1.54, 1.807) is 12.1 Å². The maximum absolute atomic E-state index is 12.2. The molecule has 2 aromatic rings. The molecule has 3 rings (SSSR count). The van der Waals surface area contributed by atoms with E-state index in [0.717, 1.165) is 29.9 Å². The van der Waals surface area contributed by atoms with E-state index < -0.39 is 5.97 Å². The molecular weight excluding hydrogens is 386 g/mol. The number of unbranched alkanes of at least 4 members (excludes halogenated alkanes) is 4. The fourth-order valence-corrected chi connectivity index (χ4v) is 3.15. The van der Waals surface area contributed by atoms with Gasteiger partial charge < -0.3 is 9.47 Å². The van der Waals surface area contributed by atoms with Crippen molar-refractivity contribution in [1.82, 2.24) is 0 Å². The third kappa shape index (κ3) is 5.94. The molecule has 1 aliphatic heterocycles. The SMILES string of the molecule is CCCCCCCOc1ccc(/C=C2\N=C(c3ccc(C)c(Cl)c3)OC2=O)cc1. The highest BCUT2D eigenvalue weighted by Gasteiger charge is 2.24. The molecule has 0 amide bonds. The molecule has 0 fully saturated rings. The lowest BCUT2D eigenvalue weighted by Gasteiger charge is -2.06. The molecule has 4 nitrogen and oxygen atoms in total. The summed E-state index contributed by atoms with van der Waals surface area (Å²) in [6, 6.07) is 13.1. The normalized spacial score (nSPS) is 14.8. The average Bonchev–Trinajstić information content (AvgIpc) is 3.08. The molecule has 0 aromatic heterocycles. The van der Waals surface area contributed by atoms with Gasteiger partial charge >= 0.3 is 5.97 Å². The minimum absolute atomic E-state index is 0.265. The second kappa shape index (κ2) is 10.3. The van der Waals surface area contributed by atoms with E-state index in [2.05, 4.69) is 11.9 Å². The lowest BCUT2D eigenvalue weighted by Crippen LogP contribution is -2.05. The van der Waals surface area contributed by atoms with Gasteiger partial charge in [-0.2, -0.15) is 0 Å². The number of hydrogen-bond donors (Lipinski definition) is 0. The Labute approximate surface area is 177 Å². The van der Waals surface area contributed by atoms with Gasteiger partial charge in [0.25, 0.3) is 0 Å². The van der Waals surface area contributed by atoms with Gasteiger partial charge in [0.1, 0.15) is 5.75 Å². The predicted octanol–water partition coefficient (Wildman–Crippen LogP) is 6.34. The molecule has 1 aliphatic rings. The smallest absolute Gasteiger partial charge is 0.363 e. The molecule has 0 radical (unpaired) electrons. The number of rotatable bonds is 9. The Morgan fingerprint density at radius 3 is 2.55 bits per heavy atom. The van der Waals surface area contributed by atoms with Gasteiger partial charge in [0, 0.05) is 10.6 Å². The van der Waals surface area contributed by atoms with E-state index >= 15 is 0 Å². The average molecular weight is 412 g/mol. The van der Waals surface area contributed by atoms with E-state index in [4.69, 9.17) is 21.1 Å². The largest absolute Gasteiger partial charge is 0.494 e. The van der Waals surface area contributed by atoms with E-state index in [-0.39, 0.29) is 11.6 Å². The van der Waals surface area contributed by atoms with Crippen LogP contribution in [0.15, 0.2) is 53.2 Å². The summed E-state index contributed by atoms with van der Waals surface area (Å²) in [5.74, 6) is 0.630. The van der Waals surface area contributed by atoms with Crippen molar-refractivity contribution in [3.63, 3.8) is 0 Å². The number of hydrogen-bond acceptors (Lipinski definition) is 4. The van der Waals surface area contributed by atoms with Gasteiger partial charge in [-0.05, 0) is 54.8 Å². The zero-order valence-corrected chi connectivity index (χ0v) is 17.7. The third-order valence-corrected chi connectivity index (χ3v) is 5.15. The van der Waals surface area contributed by atoms with Crippen LogP contribution in [0, 0.1) is 6.92 Å². The first-order valence-corrected chi connectivity index (χ1v) is 10.5. The van der Waals surface area contributed by atoms with Gasteiger partial charge in [-0.3, -0.25) is 0 Å². The molecule has 0 bridgehead atoms. The first kappa shape index (κ1) is 21.1. The molecule has 0 atom stereocenters. The van der Waals surface area contributed by atoms with Crippen molar-refractivity contribution in [2.45, 2.75) is 46.0 Å². The molecule has 152 valence electrons. The molecular formula is C24H26ClNO3. The number of halogens is 1. The summed E-state index contributed by atoms with van der Waals surface area (Å²) >= 11 is 6.16. The highest BCUT2D eigenvalue weighted by atomic mass is 35.5. The first-order valence-electron chi connectivity index (χ1n) is 10.1. The third-order valence-electron chi connectivity index (χ3n) is 4.74. The second-order valence-corrected chi connectivity index (χ2v) is 7.54. The molecule has 0 unspecified atom stereocenters. The Hall–Kier alpha value is -2.59. The molecule has 0 saturated carbocycles. The maximum Gasteiger partial charge on any atom is 0.363 e. The number of benzene rings is 2. The Bertz CT molecular complexity index is 916. The lowest BCUT2D eigenvalue weighted by atomic mass is 10.1. The van der Waals surface area contributed by atoms with Crippen molar-refractivity contribution < 1.29 is 14.3 Å². The Morgan fingerprint density at radius 2 is 1.83 bits per heavy atom. The van der Waals surface area contributed by atoms with Gasteiger partial charge in [0.15, 0.2) is 5.70 Å². The zero-order chi connectivity index (χ0) is 20.6. The fourth-order valence-electron chi connectivity index (χ4n) is 2.97. The van der Waals surface area contributed by atoms with Crippen LogP contribution >= 0.6 is 11.6 Å². The molecule has 29 heavy (non-hydrogen) atoms. The number of cyclic esters (lactones) is 1. The number of esters is 1. The van der Waals surface area contributed by atoms with Crippen molar-refractivity contribution in [2.75, 3.05) is 6.61 Å². The molecule has 0 aliphatic carbocycles. The Kier molecular flexibility index (Phi) is 7.48. The number of aryl methyl sites for hydroxylation is 1. The molecule has 0 N–H and O–H groups in total. The molecule has 2 aromatic carbocycles. The van der Waals surface area contributed by atoms with Crippen molar-refractivity contribution in [3.05, 3.63) is 69.9 Å². The number of carbonyl (C=O) groups is 1. The lowest BCUT2D eigenvalue weighted by molar-refractivity contribution is -0.129. The van der Waals surface area contributed by atoms with Crippen LogP contribution in [-0.4, -0.2) is 18.5 Å². The Balaban J connectivity index is 1.61. The quantitative estimate of drug-likeness (QED) is 0.274. The van der Waals surface area contributed by atoms with Crippen LogP contribution in [0.25, 0.3) is 6.08 Å². The summed E-state index contributed by atoms with van der Waals surface area (Å²) in [4.78, 5) is 16.5. The Morgan fingerprint density at radius 1 is 1.07 bits per heavy atom. The molecule has 1 heterocycles. The standard InChI is InChI=1S/C24H26ClNO3/c1-3-4-5-6-7-14-28-20-12-9-18(10-13-20)15-22-24(27)29-23(26-22)19-11-8-17(2)21(25)16-19/h8-13,15-16H,3-7,14H2,1-2H3/b22-15-. The molecule has 0 saturated heterocycles. The van der Waals surface area contributed by atoms with Crippen molar-refractivity contribution in [3.8, 4) is 5.75 Å². The summed E-state index contributed by atoms with van der Waals surface area (Å²) < 4.78 is 11.1. The molecule has 5 heteroatoms. The van der Waals surface area contributed by atoms with Crippen molar-refractivity contribution in [1.29, 1.82) is 0 Å². The van der Waals surface area contributed by atoms with Crippen molar-refractivity contribution in [2.24, 2.45) is 4.99 Å². The van der Waals surface area contributed by atoms with Gasteiger partial charge in [0.05, 0.1) is 6.61 Å². The van der Waals surface area contributed by atoms with Crippen molar-refractivity contribution >= 4 is 29.5 Å². The van der Waals surface area contributed by atoms with Gasteiger partial charge in [-0.15, -0.1) is 0 Å². The summed E-state index contributed by atoms with van der Waals surface area (Å²) in [6.07, 6.45) is 7.77. The number of aliphatic imine (C=N–C) groups is 1. The number of ether oxygens (including phenoxy) is 2. The van der Waals surface area contributed by atoms with Crippen LogP contribution in [0.4, 0.5) is 0 Å². The number of nitrogens with zero attached hydrogens (tertiary/aromatic N) is 1. The first-order chi connectivity index (χ1) is 14.1. The fraction of sp³-hybridized carbons (Fsp3) is 0.333. The maximum atomic E-state index is 12.2. The second-order valence-electron chi connectivity index (χ2n) is 7.13. The van der Waals surface area contributed by atoms with Crippen LogP contribution in [0.2, 0.25) is 5.02 Å². The minimum atomic E-state index is -0.468. The van der Waals surface area contributed by atoms with Gasteiger partial charge in [-0.1, -0.05) is 62.4 Å². The van der Waals surface area contributed by atoms with E-state index in [1.807, 2.05) is 43.3 Å². The van der Waals surface area contributed by atoms with E-state index in [9.17, 15) is 4.79 Å². The highest BCUT2D eigenvalue weighted by Crippen LogP contribution is 2.23. The summed E-state index contributed by atoms with van der Waals surface area (Å²) in [7, 11) is 0. The van der Waals surface area contributed by atoms with Gasteiger partial charge in [0.2, 0.25) is 5.90 Å². The van der Waals surface area contributed by atoms with Gasteiger partial charge in [-0.25, -0.2) is 9.79 Å². The molecule has 0 spiro atoms. The van der Waals surface area contributed by atoms with E-state index in [0.29, 0.717) is 10.6 Å². The monoisotopic (exact) mass is 411 g/mol. The van der Waals surface area contributed by atoms with Crippen LogP contribution in [0.3, 0.4) is 0 Å². The zero-order valence-electron chi connectivity index (χ0n) is 16.9. The van der Waals surface area contributed by atoms with Crippen LogP contribution in [0.1, 0.15) is 55.7 Å². The topological polar surface area (TPSA) is 47.9 Å². The summed E-state index contributed by atoms with van der Waals surface area (Å²) in [5, 5.41) is 0.611. The van der Waals surface area contributed by atoms with E-state index in [1.165, 1.54) is 25.7 Å². The predicted molar refractivity (Wildman–Crippen MR) is 117 cm³/mol.